The summed E-state index contributed by atoms with van der Waals surface area (Å²) in [6, 6.07) is 0. The molecule has 4 nitrogen and oxygen atoms in total. The van der Waals surface area contributed by atoms with Crippen LogP contribution in [-0.4, -0.2) is 36.4 Å². The van der Waals surface area contributed by atoms with Gasteiger partial charge in [0.15, 0.2) is 0 Å². The highest BCUT2D eigenvalue weighted by Crippen LogP contribution is 2.02. The summed E-state index contributed by atoms with van der Waals surface area (Å²) in [6.45, 7) is 7.79. The summed E-state index contributed by atoms with van der Waals surface area (Å²) >= 11 is 0. The van der Waals surface area contributed by atoms with E-state index in [9.17, 15) is 4.79 Å². The molecule has 84 valence electrons. The quantitative estimate of drug-likeness (QED) is 0.616. The third-order valence-corrected chi connectivity index (χ3v) is 1.67. The Morgan fingerprint density at radius 1 is 1.50 bits per heavy atom. The molecule has 1 atom stereocenters. The largest absolute Gasteiger partial charge is 0.462 e. The molecule has 0 unspecified atom stereocenters. The van der Waals surface area contributed by atoms with Crippen molar-refractivity contribution in [1.29, 1.82) is 0 Å². The molecule has 1 saturated heterocycles. The highest BCUT2D eigenvalue weighted by molar-refractivity contribution is 5.37. The molecule has 4 heteroatoms. The summed E-state index contributed by atoms with van der Waals surface area (Å²) in [5.41, 5.74) is -0.318. The first kappa shape index (κ1) is 13.4. The van der Waals surface area contributed by atoms with Crippen molar-refractivity contribution in [3.8, 4) is 0 Å². The molecule has 14 heavy (non-hydrogen) atoms. The van der Waals surface area contributed by atoms with Crippen molar-refractivity contribution >= 4 is 6.47 Å². The number of aliphatic hydroxyl groups is 1. The molecule has 0 saturated carbocycles. The van der Waals surface area contributed by atoms with Gasteiger partial charge in [-0.1, -0.05) is 0 Å². The summed E-state index contributed by atoms with van der Waals surface area (Å²) < 4.78 is 4.55. The number of aliphatic hydroxyl groups excluding tert-OH is 1. The number of hydrogen-bond acceptors (Lipinski definition) is 4. The van der Waals surface area contributed by atoms with Gasteiger partial charge in [0.25, 0.3) is 6.47 Å². The average molecular weight is 203 g/mol. The second-order valence-corrected chi connectivity index (χ2v) is 4.33. The smallest absolute Gasteiger partial charge is 0.293 e. The van der Waals surface area contributed by atoms with E-state index in [-0.39, 0.29) is 11.7 Å². The minimum Gasteiger partial charge on any atom is -0.462 e. The summed E-state index contributed by atoms with van der Waals surface area (Å²) in [5.74, 6) is 0. The Labute approximate surface area is 85.6 Å². The Hall–Kier alpha value is -0.610. The predicted octanol–water partition coefficient (Wildman–Crippen LogP) is 0.689. The van der Waals surface area contributed by atoms with E-state index < -0.39 is 0 Å². The number of β-amino-alcohol motifs (C(OH)–C–C–N with tert-alkyl or cyclic N) is 1. The lowest BCUT2D eigenvalue weighted by Gasteiger charge is -2.16. The zero-order valence-corrected chi connectivity index (χ0v) is 9.25. The van der Waals surface area contributed by atoms with Crippen LogP contribution in [0.1, 0.15) is 33.6 Å². The van der Waals surface area contributed by atoms with Crippen LogP contribution in [0.25, 0.3) is 0 Å². The van der Waals surface area contributed by atoms with Gasteiger partial charge in [0.1, 0.15) is 5.60 Å². The van der Waals surface area contributed by atoms with Gasteiger partial charge in [0.2, 0.25) is 0 Å². The van der Waals surface area contributed by atoms with Gasteiger partial charge in [-0.25, -0.2) is 0 Å². The first-order chi connectivity index (χ1) is 6.45. The number of piperidine rings is 1. The van der Waals surface area contributed by atoms with Crippen molar-refractivity contribution in [2.45, 2.75) is 45.3 Å². The number of rotatable bonds is 1. The van der Waals surface area contributed by atoms with Crippen LogP contribution in [0.2, 0.25) is 0 Å². The van der Waals surface area contributed by atoms with Crippen LogP contribution >= 0.6 is 0 Å². The van der Waals surface area contributed by atoms with E-state index in [1.54, 1.807) is 0 Å². The van der Waals surface area contributed by atoms with E-state index >= 15 is 0 Å². The molecule has 0 amide bonds. The van der Waals surface area contributed by atoms with E-state index in [0.717, 1.165) is 25.9 Å². The van der Waals surface area contributed by atoms with Crippen molar-refractivity contribution in [2.75, 3.05) is 13.1 Å². The standard InChI is InChI=1S/C5H11NO.C5H10O2/c7-5-2-1-3-6-4-5;1-5(2,3)7-4-6/h5-7H,1-4H2;4H,1-3H3/t5-;/m1./s1. The molecule has 1 heterocycles. The second kappa shape index (κ2) is 6.79. The minimum absolute atomic E-state index is 0.0752. The van der Waals surface area contributed by atoms with Crippen molar-refractivity contribution in [1.82, 2.24) is 5.32 Å². The molecule has 0 bridgehead atoms. The summed E-state index contributed by atoms with van der Waals surface area (Å²) in [7, 11) is 0. The molecule has 1 aliphatic rings. The van der Waals surface area contributed by atoms with Gasteiger partial charge in [-0.3, -0.25) is 4.79 Å². The van der Waals surface area contributed by atoms with E-state index in [4.69, 9.17) is 5.11 Å². The van der Waals surface area contributed by atoms with Crippen LogP contribution in [-0.2, 0) is 9.53 Å². The molecule has 0 radical (unpaired) electrons. The van der Waals surface area contributed by atoms with Crippen LogP contribution < -0.4 is 5.32 Å². The second-order valence-electron chi connectivity index (χ2n) is 4.33. The van der Waals surface area contributed by atoms with Gasteiger partial charge in [0, 0.05) is 6.54 Å². The maximum absolute atomic E-state index is 9.60. The van der Waals surface area contributed by atoms with Crippen molar-refractivity contribution in [3.63, 3.8) is 0 Å². The molecule has 0 aromatic rings. The number of carbonyl (C=O) groups is 1. The summed E-state index contributed by atoms with van der Waals surface area (Å²) in [5, 5.41) is 11.9. The third-order valence-electron chi connectivity index (χ3n) is 1.67. The minimum atomic E-state index is -0.318. The van der Waals surface area contributed by atoms with Crippen LogP contribution in [0.3, 0.4) is 0 Å². The number of nitrogens with one attached hydrogen (secondary N) is 1. The SMILES string of the molecule is CC(C)(C)OC=O.O[C@@H]1CCCNC1. The lowest BCUT2D eigenvalue weighted by atomic mass is 10.1. The van der Waals surface area contributed by atoms with E-state index in [2.05, 4.69) is 10.1 Å². The number of ether oxygens (including phenoxy) is 1. The van der Waals surface area contributed by atoms with E-state index in [1.807, 2.05) is 20.8 Å². The fourth-order valence-electron chi connectivity index (χ4n) is 0.978. The van der Waals surface area contributed by atoms with Crippen molar-refractivity contribution < 1.29 is 14.6 Å². The van der Waals surface area contributed by atoms with Gasteiger partial charge >= 0.3 is 0 Å². The Bertz CT molecular complexity index is 148. The highest BCUT2D eigenvalue weighted by atomic mass is 16.5. The average Bonchev–Trinajstić information content (AvgIpc) is 2.04. The van der Waals surface area contributed by atoms with Gasteiger partial charge in [-0.2, -0.15) is 0 Å². The zero-order valence-electron chi connectivity index (χ0n) is 9.25. The normalized spacial score (nSPS) is 21.9. The van der Waals surface area contributed by atoms with Crippen LogP contribution in [0, 0.1) is 0 Å². The maximum Gasteiger partial charge on any atom is 0.293 e. The first-order valence-electron chi connectivity index (χ1n) is 4.96. The van der Waals surface area contributed by atoms with Crippen molar-refractivity contribution in [3.05, 3.63) is 0 Å². The topological polar surface area (TPSA) is 58.6 Å². The molecule has 0 aromatic heterocycles. The lowest BCUT2D eigenvalue weighted by Crippen LogP contribution is -2.33. The molecule has 0 spiro atoms. The molecular weight excluding hydrogens is 182 g/mol. The molecule has 1 aliphatic heterocycles. The van der Waals surface area contributed by atoms with Gasteiger partial charge < -0.3 is 15.2 Å². The van der Waals surface area contributed by atoms with Crippen LogP contribution in [0.15, 0.2) is 0 Å². The van der Waals surface area contributed by atoms with Gasteiger partial charge in [-0.15, -0.1) is 0 Å². The number of carbonyl (C=O) groups excluding carboxylic acids is 1. The Balaban J connectivity index is 0.000000241. The fourth-order valence-corrected chi connectivity index (χ4v) is 0.978. The highest BCUT2D eigenvalue weighted by Gasteiger charge is 2.07. The molecule has 2 N–H and O–H groups in total. The molecule has 0 aliphatic carbocycles. The van der Waals surface area contributed by atoms with Crippen LogP contribution in [0.5, 0.6) is 0 Å². The van der Waals surface area contributed by atoms with E-state index in [0.29, 0.717) is 6.47 Å². The number of hydrogen-bond donors (Lipinski definition) is 2. The zero-order chi connectivity index (χ0) is 11.0. The summed E-state index contributed by atoms with van der Waals surface area (Å²) in [4.78, 5) is 9.60. The Morgan fingerprint density at radius 3 is 2.29 bits per heavy atom. The fraction of sp³-hybridized carbons (Fsp3) is 0.900. The third kappa shape index (κ3) is 9.48. The van der Waals surface area contributed by atoms with Gasteiger partial charge in [-0.05, 0) is 40.2 Å². The predicted molar refractivity (Wildman–Crippen MR) is 55.0 cm³/mol. The lowest BCUT2D eigenvalue weighted by molar-refractivity contribution is -0.138. The molecule has 0 aromatic carbocycles. The van der Waals surface area contributed by atoms with E-state index in [1.165, 1.54) is 0 Å². The Kier molecular flexibility index (Phi) is 6.49. The first-order valence-corrected chi connectivity index (χ1v) is 4.96. The van der Waals surface area contributed by atoms with Crippen molar-refractivity contribution in [2.24, 2.45) is 0 Å². The molecular formula is C10H21NO3. The molecule has 1 fully saturated rings. The molecule has 1 rings (SSSR count). The van der Waals surface area contributed by atoms with Crippen LogP contribution in [0.4, 0.5) is 0 Å². The summed E-state index contributed by atoms with van der Waals surface area (Å²) in [6.07, 6.45) is 2.03. The Morgan fingerprint density at radius 2 is 2.14 bits per heavy atom. The maximum atomic E-state index is 9.60. The van der Waals surface area contributed by atoms with Gasteiger partial charge in [0.05, 0.1) is 6.10 Å². The monoisotopic (exact) mass is 203 g/mol.